The lowest BCUT2D eigenvalue weighted by Gasteiger charge is -2.28. The lowest BCUT2D eigenvalue weighted by Crippen LogP contribution is -2.36. The highest BCUT2D eigenvalue weighted by atomic mass is 32.1. The maximum atomic E-state index is 5.37. The molecule has 0 bridgehead atoms. The highest BCUT2D eigenvalue weighted by Crippen LogP contribution is 2.19. The molecule has 4 nitrogen and oxygen atoms in total. The molecule has 0 unspecified atom stereocenters. The van der Waals surface area contributed by atoms with Crippen molar-refractivity contribution in [3.8, 4) is 0 Å². The smallest absolute Gasteiger partial charge is 0.0794 e. The van der Waals surface area contributed by atoms with Gasteiger partial charge >= 0.3 is 0 Å². The average Bonchev–Trinajstić information content (AvgIpc) is 3.00. The summed E-state index contributed by atoms with van der Waals surface area (Å²) in [6, 6.07) is 8.60. The van der Waals surface area contributed by atoms with E-state index in [1.54, 1.807) is 11.3 Å². The predicted molar refractivity (Wildman–Crippen MR) is 78.9 cm³/mol. The summed E-state index contributed by atoms with van der Waals surface area (Å²) < 4.78 is 5.37. The number of anilines is 2. The zero-order chi connectivity index (χ0) is 12.9. The van der Waals surface area contributed by atoms with Gasteiger partial charge in [-0.25, -0.2) is 0 Å². The van der Waals surface area contributed by atoms with Crippen LogP contribution >= 0.6 is 11.3 Å². The topological polar surface area (TPSA) is 37.4 Å². The fourth-order valence-corrected chi connectivity index (χ4v) is 2.66. The quantitative estimate of drug-likeness (QED) is 0.930. The summed E-state index contributed by atoms with van der Waals surface area (Å²) in [7, 11) is 0. The Hall–Kier alpha value is -1.59. The van der Waals surface area contributed by atoms with Crippen LogP contribution in [0.1, 0.15) is 4.88 Å². The Morgan fingerprint density at radius 1 is 1.21 bits per heavy atom. The summed E-state index contributed by atoms with van der Waals surface area (Å²) in [6.45, 7) is 4.44. The van der Waals surface area contributed by atoms with Crippen LogP contribution in [-0.2, 0) is 11.3 Å². The molecule has 0 spiro atoms. The van der Waals surface area contributed by atoms with Gasteiger partial charge in [-0.15, -0.1) is 11.3 Å². The number of hydrogen-bond donors (Lipinski definition) is 1. The van der Waals surface area contributed by atoms with Gasteiger partial charge in [-0.1, -0.05) is 0 Å². The lowest BCUT2D eigenvalue weighted by atomic mass is 10.2. The molecular weight excluding hydrogens is 258 g/mol. The van der Waals surface area contributed by atoms with E-state index in [0.29, 0.717) is 0 Å². The van der Waals surface area contributed by atoms with Crippen molar-refractivity contribution >= 4 is 22.7 Å². The molecule has 1 aliphatic heterocycles. The molecule has 0 atom stereocenters. The van der Waals surface area contributed by atoms with E-state index in [-0.39, 0.29) is 0 Å². The first-order valence-electron chi connectivity index (χ1n) is 6.46. The van der Waals surface area contributed by atoms with E-state index in [9.17, 15) is 0 Å². The SMILES string of the molecule is c1ncc(CNc2ccc(N3CCOCC3)cc2)s1. The van der Waals surface area contributed by atoms with E-state index in [0.717, 1.165) is 38.5 Å². The Bertz CT molecular complexity index is 492. The van der Waals surface area contributed by atoms with E-state index in [2.05, 4.69) is 39.5 Å². The lowest BCUT2D eigenvalue weighted by molar-refractivity contribution is 0.122. The van der Waals surface area contributed by atoms with Crippen molar-refractivity contribution in [2.75, 3.05) is 36.5 Å². The summed E-state index contributed by atoms with van der Waals surface area (Å²) in [6.07, 6.45) is 1.90. The number of ether oxygens (including phenoxy) is 1. The number of morpholine rings is 1. The van der Waals surface area contributed by atoms with Crippen LogP contribution in [0.25, 0.3) is 0 Å². The number of aromatic nitrogens is 1. The molecule has 0 saturated carbocycles. The average molecular weight is 275 g/mol. The molecule has 1 fully saturated rings. The largest absolute Gasteiger partial charge is 0.380 e. The summed E-state index contributed by atoms with van der Waals surface area (Å²) in [5.74, 6) is 0. The molecule has 100 valence electrons. The highest BCUT2D eigenvalue weighted by molar-refractivity contribution is 7.09. The fraction of sp³-hybridized carbons (Fsp3) is 0.357. The van der Waals surface area contributed by atoms with Gasteiger partial charge in [0.2, 0.25) is 0 Å². The van der Waals surface area contributed by atoms with Gasteiger partial charge in [0.15, 0.2) is 0 Å². The molecule has 3 rings (SSSR count). The van der Waals surface area contributed by atoms with Gasteiger partial charge in [0, 0.05) is 35.5 Å². The second-order valence-corrected chi connectivity index (χ2v) is 5.44. The normalized spacial score (nSPS) is 15.5. The van der Waals surface area contributed by atoms with Crippen molar-refractivity contribution in [3.05, 3.63) is 40.8 Å². The molecular formula is C14H17N3OS. The van der Waals surface area contributed by atoms with E-state index in [1.807, 2.05) is 11.7 Å². The Labute approximate surface area is 117 Å². The van der Waals surface area contributed by atoms with Crippen molar-refractivity contribution in [2.45, 2.75) is 6.54 Å². The number of hydrogen-bond acceptors (Lipinski definition) is 5. The van der Waals surface area contributed by atoms with Gasteiger partial charge in [-0.2, -0.15) is 0 Å². The van der Waals surface area contributed by atoms with Crippen molar-refractivity contribution in [1.29, 1.82) is 0 Å². The van der Waals surface area contributed by atoms with Gasteiger partial charge < -0.3 is 15.0 Å². The van der Waals surface area contributed by atoms with Crippen LogP contribution in [0.5, 0.6) is 0 Å². The molecule has 1 saturated heterocycles. The maximum Gasteiger partial charge on any atom is 0.0794 e. The van der Waals surface area contributed by atoms with Gasteiger partial charge in [-0.3, -0.25) is 4.98 Å². The molecule has 0 amide bonds. The van der Waals surface area contributed by atoms with E-state index in [1.165, 1.54) is 10.6 Å². The monoisotopic (exact) mass is 275 g/mol. The number of rotatable bonds is 4. The second-order valence-electron chi connectivity index (χ2n) is 4.47. The van der Waals surface area contributed by atoms with Crippen molar-refractivity contribution in [3.63, 3.8) is 0 Å². The number of nitrogens with zero attached hydrogens (tertiary/aromatic N) is 2. The third-order valence-electron chi connectivity index (χ3n) is 3.19. The highest BCUT2D eigenvalue weighted by Gasteiger charge is 2.10. The molecule has 2 aromatic rings. The third kappa shape index (κ3) is 3.24. The van der Waals surface area contributed by atoms with E-state index in [4.69, 9.17) is 4.74 Å². The maximum absolute atomic E-state index is 5.37. The zero-order valence-electron chi connectivity index (χ0n) is 10.7. The van der Waals surface area contributed by atoms with Crippen LogP contribution in [-0.4, -0.2) is 31.3 Å². The number of nitrogens with one attached hydrogen (secondary N) is 1. The first-order chi connectivity index (χ1) is 9.42. The minimum Gasteiger partial charge on any atom is -0.380 e. The second kappa shape index (κ2) is 6.04. The predicted octanol–water partition coefficient (Wildman–Crippen LogP) is 2.59. The molecule has 1 aliphatic rings. The Kier molecular flexibility index (Phi) is 3.95. The first-order valence-corrected chi connectivity index (χ1v) is 7.34. The summed E-state index contributed by atoms with van der Waals surface area (Å²) in [5, 5.41) is 3.40. The van der Waals surface area contributed by atoms with Crippen molar-refractivity contribution < 1.29 is 4.74 Å². The van der Waals surface area contributed by atoms with Crippen LogP contribution in [0.3, 0.4) is 0 Å². The van der Waals surface area contributed by atoms with Crippen LogP contribution < -0.4 is 10.2 Å². The van der Waals surface area contributed by atoms with Crippen LogP contribution in [0, 0.1) is 0 Å². The van der Waals surface area contributed by atoms with Gasteiger partial charge in [0.25, 0.3) is 0 Å². The van der Waals surface area contributed by atoms with Gasteiger partial charge in [-0.05, 0) is 24.3 Å². The zero-order valence-corrected chi connectivity index (χ0v) is 11.5. The summed E-state index contributed by atoms with van der Waals surface area (Å²) in [4.78, 5) is 7.67. The Morgan fingerprint density at radius 3 is 2.68 bits per heavy atom. The molecule has 0 radical (unpaired) electrons. The Balaban J connectivity index is 1.58. The number of thiazole rings is 1. The van der Waals surface area contributed by atoms with Gasteiger partial charge in [0.1, 0.15) is 0 Å². The van der Waals surface area contributed by atoms with E-state index < -0.39 is 0 Å². The minimum absolute atomic E-state index is 0.825. The molecule has 1 aromatic carbocycles. The Morgan fingerprint density at radius 2 is 2.00 bits per heavy atom. The molecule has 1 aromatic heterocycles. The van der Waals surface area contributed by atoms with Crippen molar-refractivity contribution in [1.82, 2.24) is 4.98 Å². The first kappa shape index (κ1) is 12.4. The van der Waals surface area contributed by atoms with Gasteiger partial charge in [0.05, 0.1) is 25.3 Å². The van der Waals surface area contributed by atoms with Crippen LogP contribution in [0.2, 0.25) is 0 Å². The van der Waals surface area contributed by atoms with E-state index >= 15 is 0 Å². The fourth-order valence-electron chi connectivity index (χ4n) is 2.13. The minimum atomic E-state index is 0.825. The molecule has 5 heteroatoms. The van der Waals surface area contributed by atoms with Crippen LogP contribution in [0.4, 0.5) is 11.4 Å². The standard InChI is InChI=1S/C14H17N3OS/c1-3-13(17-5-7-18-8-6-17)4-2-12(1)16-10-14-9-15-11-19-14/h1-4,9,11,16H,5-8,10H2. The molecule has 2 heterocycles. The molecule has 1 N–H and O–H groups in total. The van der Waals surface area contributed by atoms with Crippen LogP contribution in [0.15, 0.2) is 36.0 Å². The molecule has 19 heavy (non-hydrogen) atoms. The number of benzene rings is 1. The third-order valence-corrected chi connectivity index (χ3v) is 3.97. The molecule has 0 aliphatic carbocycles. The summed E-state index contributed by atoms with van der Waals surface area (Å²) >= 11 is 1.67. The van der Waals surface area contributed by atoms with Crippen molar-refractivity contribution in [2.24, 2.45) is 0 Å². The summed E-state index contributed by atoms with van der Waals surface area (Å²) in [5.41, 5.74) is 4.27.